The van der Waals surface area contributed by atoms with Crippen molar-refractivity contribution in [1.82, 2.24) is 0 Å². The Balaban J connectivity index is 1.70. The first-order chi connectivity index (χ1) is 17.5. The summed E-state index contributed by atoms with van der Waals surface area (Å²) in [6.07, 6.45) is -0.764. The number of nitrogens with zero attached hydrogens (tertiary/aromatic N) is 2. The van der Waals surface area contributed by atoms with Gasteiger partial charge in [0.25, 0.3) is 6.43 Å². The van der Waals surface area contributed by atoms with Crippen molar-refractivity contribution < 1.29 is 27.5 Å². The van der Waals surface area contributed by atoms with Crippen LogP contribution in [0.15, 0.2) is 54.7 Å². The number of hydrogen-bond acceptors (Lipinski definition) is 4. The Morgan fingerprint density at radius 1 is 1.14 bits per heavy atom. The van der Waals surface area contributed by atoms with E-state index in [2.05, 4.69) is 6.07 Å². The van der Waals surface area contributed by atoms with Gasteiger partial charge in [-0.3, -0.25) is 9.59 Å². The van der Waals surface area contributed by atoms with E-state index < -0.39 is 34.7 Å². The van der Waals surface area contributed by atoms with Gasteiger partial charge in [0.05, 0.1) is 22.1 Å². The Morgan fingerprint density at radius 3 is 2.35 bits per heavy atom. The van der Waals surface area contributed by atoms with Crippen LogP contribution in [0.4, 0.5) is 13.2 Å². The van der Waals surface area contributed by atoms with Gasteiger partial charge in [0.1, 0.15) is 11.7 Å². The number of alkyl halides is 2. The molecule has 1 unspecified atom stereocenters. The zero-order valence-corrected chi connectivity index (χ0v) is 20.6. The lowest BCUT2D eigenvalue weighted by Crippen LogP contribution is -2.36. The smallest absolute Gasteiger partial charge is 0.264 e. The van der Waals surface area contributed by atoms with Gasteiger partial charge in [0.2, 0.25) is 5.69 Å². The van der Waals surface area contributed by atoms with E-state index in [9.17, 15) is 33.2 Å². The molecule has 0 amide bonds. The van der Waals surface area contributed by atoms with Crippen LogP contribution in [0.5, 0.6) is 0 Å². The molecular weight excluding hydrogens is 505 g/mol. The van der Waals surface area contributed by atoms with Gasteiger partial charge in [-0.25, -0.2) is 13.2 Å². The van der Waals surface area contributed by atoms with Gasteiger partial charge in [0, 0.05) is 29.2 Å². The molecule has 1 heterocycles. The van der Waals surface area contributed by atoms with Gasteiger partial charge in [0.15, 0.2) is 17.8 Å². The second kappa shape index (κ2) is 10.3. The van der Waals surface area contributed by atoms with Crippen molar-refractivity contribution in [1.29, 1.82) is 5.26 Å². The third-order valence-electron chi connectivity index (χ3n) is 6.77. The van der Waals surface area contributed by atoms with Crippen LogP contribution in [0, 0.1) is 27.8 Å². The molecule has 3 aromatic rings. The summed E-state index contributed by atoms with van der Waals surface area (Å²) >= 11 is 5.80. The fourth-order valence-electron chi connectivity index (χ4n) is 4.42. The van der Waals surface area contributed by atoms with E-state index >= 15 is 0 Å². The number of carbonyl (C=O) groups is 2. The van der Waals surface area contributed by atoms with Crippen molar-refractivity contribution in [2.24, 2.45) is 5.41 Å². The normalized spacial score (nSPS) is 14.7. The van der Waals surface area contributed by atoms with E-state index in [1.54, 1.807) is 24.3 Å². The molecule has 1 fully saturated rings. The maximum Gasteiger partial charge on any atom is 0.264 e. The number of halogens is 4. The molecule has 190 valence electrons. The van der Waals surface area contributed by atoms with Crippen molar-refractivity contribution in [2.75, 3.05) is 0 Å². The average molecular weight is 527 g/mol. The molecule has 1 aromatic heterocycles. The van der Waals surface area contributed by atoms with E-state index in [0.29, 0.717) is 28.7 Å². The molecule has 0 N–H and O–H groups in total. The number of hydrogen-bond donors (Lipinski definition) is 0. The molecule has 37 heavy (non-hydrogen) atoms. The summed E-state index contributed by atoms with van der Waals surface area (Å²) in [6, 6.07) is 13.4. The highest BCUT2D eigenvalue weighted by Crippen LogP contribution is 2.51. The molecule has 9 heteroatoms. The fourth-order valence-corrected chi connectivity index (χ4v) is 4.58. The first-order valence-electron chi connectivity index (χ1n) is 11.6. The first kappa shape index (κ1) is 26.4. The number of carbonyl (C=O) groups excluding carboxylic acids is 2. The van der Waals surface area contributed by atoms with Crippen LogP contribution in [-0.2, 0) is 11.2 Å². The van der Waals surface area contributed by atoms with Crippen molar-refractivity contribution >= 4 is 23.2 Å². The van der Waals surface area contributed by atoms with E-state index in [1.165, 1.54) is 19.1 Å². The Kier molecular flexibility index (Phi) is 7.37. The van der Waals surface area contributed by atoms with Crippen molar-refractivity contribution in [3.63, 3.8) is 0 Å². The predicted octanol–water partition coefficient (Wildman–Crippen LogP) is 6.51. The summed E-state index contributed by atoms with van der Waals surface area (Å²) in [6.45, 7) is 1.43. The molecule has 1 saturated carbocycles. The number of rotatable bonds is 9. The van der Waals surface area contributed by atoms with Crippen LogP contribution in [0.1, 0.15) is 65.7 Å². The van der Waals surface area contributed by atoms with Gasteiger partial charge in [-0.1, -0.05) is 41.9 Å². The summed E-state index contributed by atoms with van der Waals surface area (Å²) in [5.41, 5.74) is -0.748. The van der Waals surface area contributed by atoms with Gasteiger partial charge in [-0.15, -0.1) is 0 Å². The highest BCUT2D eigenvalue weighted by Gasteiger charge is 2.47. The quantitative estimate of drug-likeness (QED) is 0.181. The summed E-state index contributed by atoms with van der Waals surface area (Å²) in [4.78, 5) is 24.9. The topological polar surface area (TPSA) is 84.9 Å². The van der Waals surface area contributed by atoms with Crippen LogP contribution in [0.3, 0.4) is 0 Å². The van der Waals surface area contributed by atoms with Gasteiger partial charge in [-0.05, 0) is 43.9 Å². The lowest BCUT2D eigenvalue weighted by Gasteiger charge is -2.19. The molecule has 0 spiro atoms. The van der Waals surface area contributed by atoms with Gasteiger partial charge < -0.3 is 5.21 Å². The summed E-state index contributed by atoms with van der Waals surface area (Å²) < 4.78 is 42.2. The monoisotopic (exact) mass is 526 g/mol. The number of benzene rings is 2. The molecule has 0 bridgehead atoms. The second-order valence-electron chi connectivity index (χ2n) is 9.34. The van der Waals surface area contributed by atoms with Gasteiger partial charge >= 0.3 is 0 Å². The Labute approximate surface area is 216 Å². The molecule has 0 radical (unpaired) electrons. The van der Waals surface area contributed by atoms with Crippen LogP contribution in [-0.4, -0.2) is 11.6 Å². The first-order valence-corrected chi connectivity index (χ1v) is 12.0. The third-order valence-corrected chi connectivity index (χ3v) is 7.06. The zero-order chi connectivity index (χ0) is 26.9. The van der Waals surface area contributed by atoms with Crippen molar-refractivity contribution in [3.8, 4) is 17.2 Å². The molecule has 0 saturated heterocycles. The van der Waals surface area contributed by atoms with E-state index in [-0.39, 0.29) is 40.7 Å². The maximum atomic E-state index is 14.7. The molecule has 0 aliphatic heterocycles. The van der Waals surface area contributed by atoms with Crippen LogP contribution in [0.2, 0.25) is 5.02 Å². The maximum absolute atomic E-state index is 14.7. The van der Waals surface area contributed by atoms with E-state index in [0.717, 1.165) is 18.3 Å². The van der Waals surface area contributed by atoms with E-state index in [1.807, 2.05) is 0 Å². The lowest BCUT2D eigenvalue weighted by molar-refractivity contribution is -0.614. The molecule has 1 atom stereocenters. The van der Waals surface area contributed by atoms with Crippen molar-refractivity contribution in [3.05, 3.63) is 93.2 Å². The van der Waals surface area contributed by atoms with Crippen LogP contribution < -0.4 is 4.73 Å². The molecule has 1 aliphatic carbocycles. The molecule has 2 aromatic carbocycles. The lowest BCUT2D eigenvalue weighted by atomic mass is 9.84. The fraction of sp³-hybridized carbons (Fsp3) is 0.286. The Morgan fingerprint density at radius 2 is 1.81 bits per heavy atom. The number of ketones is 2. The summed E-state index contributed by atoms with van der Waals surface area (Å²) in [5, 5.41) is 22.3. The van der Waals surface area contributed by atoms with Crippen LogP contribution >= 0.6 is 11.6 Å². The molecule has 5 nitrogen and oxygen atoms in total. The Hall–Kier alpha value is -3.70. The summed E-state index contributed by atoms with van der Waals surface area (Å²) in [5.74, 6) is -2.44. The van der Waals surface area contributed by atoms with Gasteiger partial charge in [-0.2, -0.15) is 9.99 Å². The molecular formula is C28H22ClF3N2O3. The standard InChI is InChI=1S/C28H22ClF3N2O3/c1-16(35)18-4-2-17(3-5-18)12-24(36)21(13-28(15-33)10-11-28)23-9-6-19(14-34(23)37)25-20(27(31)32)7-8-22(29)26(25)30/h2-9,14,21,27H,10-13H2,1H3. The Bertz CT molecular complexity index is 1410. The molecule has 4 rings (SSSR count). The number of pyridine rings is 1. The minimum Gasteiger partial charge on any atom is -0.618 e. The summed E-state index contributed by atoms with van der Waals surface area (Å²) in [7, 11) is 0. The third kappa shape index (κ3) is 5.52. The number of nitriles is 1. The minimum atomic E-state index is -3.00. The SMILES string of the molecule is CC(=O)c1ccc(CC(=O)C(CC2(C#N)CC2)c2ccc(-c3c(C(F)F)ccc(Cl)c3F)c[n+]2[O-])cc1. The molecule has 1 aliphatic rings. The average Bonchev–Trinajstić information content (AvgIpc) is 3.64. The van der Waals surface area contributed by atoms with Crippen molar-refractivity contribution in [2.45, 2.75) is 45.0 Å². The minimum absolute atomic E-state index is 0.0371. The number of Topliss-reactive ketones (excluding diaryl/α,β-unsaturated/α-hetero) is 2. The highest BCUT2D eigenvalue weighted by molar-refractivity contribution is 6.31. The predicted molar refractivity (Wildman–Crippen MR) is 131 cm³/mol. The number of aromatic nitrogens is 1. The van der Waals surface area contributed by atoms with Crippen LogP contribution in [0.25, 0.3) is 11.1 Å². The second-order valence-corrected chi connectivity index (χ2v) is 9.75. The largest absolute Gasteiger partial charge is 0.618 e. The highest BCUT2D eigenvalue weighted by atomic mass is 35.5. The van der Waals surface area contributed by atoms with E-state index in [4.69, 9.17) is 11.6 Å². The zero-order valence-electron chi connectivity index (χ0n) is 19.8.